The van der Waals surface area contributed by atoms with Crippen LogP contribution < -0.4 is 11.1 Å². The minimum absolute atomic E-state index is 0.148. The van der Waals surface area contributed by atoms with Crippen molar-refractivity contribution in [3.05, 3.63) is 35.9 Å². The van der Waals surface area contributed by atoms with Crippen LogP contribution in [0.4, 0.5) is 0 Å². The molecule has 0 saturated heterocycles. The van der Waals surface area contributed by atoms with Crippen molar-refractivity contribution in [2.24, 2.45) is 5.73 Å². The standard InChI is InChI=1S/C14H18N2O5/c1-21-14(20)10(15)8-12(17)16-11(13(18)19)7-9-5-3-2-4-6-9/h2-6,10-11H,7-8,15H2,1H3,(H,16,17)(H,18,19)/t10-,11-/m0/s1. The van der Waals surface area contributed by atoms with Crippen LogP contribution in [0.3, 0.4) is 0 Å². The van der Waals surface area contributed by atoms with E-state index in [4.69, 9.17) is 10.8 Å². The molecule has 1 aromatic carbocycles. The minimum Gasteiger partial charge on any atom is -0.480 e. The lowest BCUT2D eigenvalue weighted by Gasteiger charge is -2.16. The van der Waals surface area contributed by atoms with Gasteiger partial charge in [-0.05, 0) is 5.56 Å². The molecule has 7 nitrogen and oxygen atoms in total. The number of benzene rings is 1. The number of nitrogens with one attached hydrogen (secondary N) is 1. The molecule has 1 aromatic rings. The third-order valence-corrected chi connectivity index (χ3v) is 2.83. The molecule has 7 heteroatoms. The molecule has 0 bridgehead atoms. The Morgan fingerprint density at radius 3 is 2.43 bits per heavy atom. The van der Waals surface area contributed by atoms with Crippen molar-refractivity contribution in [2.75, 3.05) is 7.11 Å². The number of nitrogens with two attached hydrogens (primary N) is 1. The molecule has 0 saturated carbocycles. The van der Waals surface area contributed by atoms with Crippen molar-refractivity contribution in [3.63, 3.8) is 0 Å². The molecule has 0 unspecified atom stereocenters. The molecule has 21 heavy (non-hydrogen) atoms. The average molecular weight is 294 g/mol. The zero-order chi connectivity index (χ0) is 15.8. The molecule has 0 radical (unpaired) electrons. The van der Waals surface area contributed by atoms with Crippen LogP contribution in [0, 0.1) is 0 Å². The van der Waals surface area contributed by atoms with E-state index in [9.17, 15) is 14.4 Å². The molecule has 1 rings (SSSR count). The van der Waals surface area contributed by atoms with Gasteiger partial charge in [-0.25, -0.2) is 4.79 Å². The van der Waals surface area contributed by atoms with Gasteiger partial charge in [0.1, 0.15) is 12.1 Å². The van der Waals surface area contributed by atoms with Crippen LogP contribution in [0.15, 0.2) is 30.3 Å². The Morgan fingerprint density at radius 1 is 1.29 bits per heavy atom. The second kappa shape index (κ2) is 8.01. The summed E-state index contributed by atoms with van der Waals surface area (Å²) in [6.45, 7) is 0. The summed E-state index contributed by atoms with van der Waals surface area (Å²) < 4.78 is 4.40. The van der Waals surface area contributed by atoms with Crippen molar-refractivity contribution in [3.8, 4) is 0 Å². The Kier molecular flexibility index (Phi) is 6.35. The highest BCUT2D eigenvalue weighted by molar-refractivity contribution is 5.88. The maximum absolute atomic E-state index is 11.7. The second-order valence-corrected chi connectivity index (χ2v) is 4.48. The van der Waals surface area contributed by atoms with Crippen LogP contribution in [-0.4, -0.2) is 42.1 Å². The predicted molar refractivity (Wildman–Crippen MR) is 74.3 cm³/mol. The molecule has 0 aliphatic heterocycles. The van der Waals surface area contributed by atoms with Crippen molar-refractivity contribution >= 4 is 17.8 Å². The summed E-state index contributed by atoms with van der Waals surface area (Å²) in [6, 6.07) is 6.72. The van der Waals surface area contributed by atoms with E-state index in [1.807, 2.05) is 6.07 Å². The zero-order valence-corrected chi connectivity index (χ0v) is 11.6. The molecule has 0 aliphatic carbocycles. The summed E-state index contributed by atoms with van der Waals surface area (Å²) in [6.07, 6.45) is -0.180. The van der Waals surface area contributed by atoms with Crippen LogP contribution >= 0.6 is 0 Å². The van der Waals surface area contributed by atoms with E-state index in [0.717, 1.165) is 12.7 Å². The topological polar surface area (TPSA) is 119 Å². The normalized spacial score (nSPS) is 13.0. The Bertz CT molecular complexity index is 503. The molecule has 2 atom stereocenters. The van der Waals surface area contributed by atoms with Gasteiger partial charge in [-0.3, -0.25) is 9.59 Å². The number of carboxylic acid groups (broad SMARTS) is 1. The lowest BCUT2D eigenvalue weighted by molar-refractivity contribution is -0.144. The van der Waals surface area contributed by atoms with E-state index in [2.05, 4.69) is 10.1 Å². The van der Waals surface area contributed by atoms with Gasteiger partial charge in [0, 0.05) is 6.42 Å². The van der Waals surface area contributed by atoms with Crippen LogP contribution in [0.5, 0.6) is 0 Å². The number of hydrogen-bond donors (Lipinski definition) is 3. The molecular weight excluding hydrogens is 276 g/mol. The molecule has 1 amide bonds. The van der Waals surface area contributed by atoms with Gasteiger partial charge in [0.2, 0.25) is 5.91 Å². The third-order valence-electron chi connectivity index (χ3n) is 2.83. The molecule has 114 valence electrons. The van der Waals surface area contributed by atoms with Gasteiger partial charge in [-0.15, -0.1) is 0 Å². The van der Waals surface area contributed by atoms with E-state index >= 15 is 0 Å². The van der Waals surface area contributed by atoms with Crippen LogP contribution in [0.25, 0.3) is 0 Å². The number of ether oxygens (including phenoxy) is 1. The molecule has 0 fully saturated rings. The largest absolute Gasteiger partial charge is 0.480 e. The fourth-order valence-corrected chi connectivity index (χ4v) is 1.74. The van der Waals surface area contributed by atoms with Gasteiger partial charge in [0.05, 0.1) is 13.5 Å². The number of carbonyl (C=O) groups excluding carboxylic acids is 2. The molecule has 0 heterocycles. The summed E-state index contributed by atoms with van der Waals surface area (Å²) in [4.78, 5) is 34.0. The first kappa shape index (κ1) is 16.6. The quantitative estimate of drug-likeness (QED) is 0.593. The summed E-state index contributed by atoms with van der Waals surface area (Å²) in [5.41, 5.74) is 6.23. The Balaban J connectivity index is 2.60. The van der Waals surface area contributed by atoms with Crippen molar-refractivity contribution < 1.29 is 24.2 Å². The SMILES string of the molecule is COC(=O)[C@@H](N)CC(=O)N[C@@H](Cc1ccccc1)C(=O)O. The van der Waals surface area contributed by atoms with E-state index in [0.29, 0.717) is 0 Å². The van der Waals surface area contributed by atoms with E-state index in [1.165, 1.54) is 0 Å². The minimum atomic E-state index is -1.15. The second-order valence-electron chi connectivity index (χ2n) is 4.48. The van der Waals surface area contributed by atoms with Gasteiger partial charge in [0.25, 0.3) is 0 Å². The molecule has 0 aliphatic rings. The van der Waals surface area contributed by atoms with Gasteiger partial charge in [0.15, 0.2) is 0 Å². The van der Waals surface area contributed by atoms with Gasteiger partial charge in [-0.1, -0.05) is 30.3 Å². The van der Waals surface area contributed by atoms with Crippen molar-refractivity contribution in [1.29, 1.82) is 0 Å². The number of aliphatic carboxylic acids is 1. The molecule has 0 spiro atoms. The van der Waals surface area contributed by atoms with Crippen LogP contribution in [0.1, 0.15) is 12.0 Å². The average Bonchev–Trinajstić information content (AvgIpc) is 2.46. The highest BCUT2D eigenvalue weighted by Gasteiger charge is 2.23. The van der Waals surface area contributed by atoms with Crippen LogP contribution in [-0.2, 0) is 25.5 Å². The van der Waals surface area contributed by atoms with Crippen LogP contribution in [0.2, 0.25) is 0 Å². The van der Waals surface area contributed by atoms with Gasteiger partial charge < -0.3 is 20.9 Å². The monoisotopic (exact) mass is 294 g/mol. The zero-order valence-electron chi connectivity index (χ0n) is 11.6. The summed E-state index contributed by atoms with van der Waals surface area (Å²) >= 11 is 0. The predicted octanol–water partition coefficient (Wildman–Crippen LogP) is -0.311. The van der Waals surface area contributed by atoms with Gasteiger partial charge in [-0.2, -0.15) is 0 Å². The van der Waals surface area contributed by atoms with E-state index < -0.39 is 29.9 Å². The first-order chi connectivity index (χ1) is 9.93. The molecule has 0 aromatic heterocycles. The van der Waals surface area contributed by atoms with Gasteiger partial charge >= 0.3 is 11.9 Å². The number of carboxylic acids is 1. The third kappa shape index (κ3) is 5.62. The highest BCUT2D eigenvalue weighted by atomic mass is 16.5. The number of rotatable bonds is 7. The first-order valence-electron chi connectivity index (χ1n) is 6.33. The summed E-state index contributed by atoms with van der Waals surface area (Å²) in [7, 11) is 1.16. The smallest absolute Gasteiger partial charge is 0.326 e. The molecular formula is C14H18N2O5. The van der Waals surface area contributed by atoms with E-state index in [-0.39, 0.29) is 12.8 Å². The number of hydrogen-bond acceptors (Lipinski definition) is 5. The van der Waals surface area contributed by atoms with Crippen molar-refractivity contribution in [1.82, 2.24) is 5.32 Å². The van der Waals surface area contributed by atoms with E-state index in [1.54, 1.807) is 24.3 Å². The lowest BCUT2D eigenvalue weighted by Crippen LogP contribution is -2.45. The lowest BCUT2D eigenvalue weighted by atomic mass is 10.1. The summed E-state index contributed by atoms with van der Waals surface area (Å²) in [5, 5.41) is 11.5. The maximum Gasteiger partial charge on any atom is 0.326 e. The Morgan fingerprint density at radius 2 is 1.90 bits per heavy atom. The fourth-order valence-electron chi connectivity index (χ4n) is 1.74. The first-order valence-corrected chi connectivity index (χ1v) is 6.33. The fraction of sp³-hybridized carbons (Fsp3) is 0.357. The Hall–Kier alpha value is -2.41. The number of esters is 1. The number of carbonyl (C=O) groups is 3. The number of methoxy groups -OCH3 is 1. The van der Waals surface area contributed by atoms with Crippen molar-refractivity contribution in [2.45, 2.75) is 24.9 Å². The highest BCUT2D eigenvalue weighted by Crippen LogP contribution is 2.04. The summed E-state index contributed by atoms with van der Waals surface area (Å²) in [5.74, 6) is -2.49. The number of amides is 1. The maximum atomic E-state index is 11.7. The molecule has 4 N–H and O–H groups in total. The Labute approximate surface area is 122 Å².